The molecule has 0 spiro atoms. The van der Waals surface area contributed by atoms with Crippen molar-refractivity contribution in [2.75, 3.05) is 13.2 Å². The van der Waals surface area contributed by atoms with Crippen LogP contribution in [0.4, 0.5) is 0 Å². The normalized spacial score (nSPS) is 15.0. The first-order valence-corrected chi connectivity index (χ1v) is 14.4. The lowest BCUT2D eigenvalue weighted by Gasteiger charge is -2.24. The summed E-state index contributed by atoms with van der Waals surface area (Å²) in [5.41, 5.74) is 5.32. The van der Waals surface area contributed by atoms with Crippen LogP contribution in [0.1, 0.15) is 42.4 Å². The molecular formula is C32H30ClN3O4S. The molecule has 0 fully saturated rings. The fourth-order valence-electron chi connectivity index (χ4n) is 5.07. The van der Waals surface area contributed by atoms with E-state index in [1.807, 2.05) is 68.5 Å². The third-order valence-corrected chi connectivity index (χ3v) is 8.16. The van der Waals surface area contributed by atoms with Gasteiger partial charge in [0, 0.05) is 22.1 Å². The highest BCUT2D eigenvalue weighted by molar-refractivity contribution is 7.07. The highest BCUT2D eigenvalue weighted by Crippen LogP contribution is 2.32. The molecule has 0 aliphatic carbocycles. The predicted molar refractivity (Wildman–Crippen MR) is 163 cm³/mol. The Kier molecular flexibility index (Phi) is 8.15. The van der Waals surface area contributed by atoms with Crippen molar-refractivity contribution in [3.05, 3.63) is 126 Å². The third-order valence-electron chi connectivity index (χ3n) is 6.92. The Labute approximate surface area is 247 Å². The van der Waals surface area contributed by atoms with Crippen LogP contribution in [0, 0.1) is 13.8 Å². The zero-order valence-corrected chi connectivity index (χ0v) is 24.9. The number of hydrogen-bond acceptors (Lipinski definition) is 6. The molecule has 3 heterocycles. The number of thiazole rings is 1. The van der Waals surface area contributed by atoms with Crippen LogP contribution in [0.15, 0.2) is 88.3 Å². The van der Waals surface area contributed by atoms with Gasteiger partial charge in [-0.05, 0) is 87.4 Å². The molecule has 0 N–H and O–H groups in total. The largest absolute Gasteiger partial charge is 0.490 e. The fourth-order valence-corrected chi connectivity index (χ4v) is 6.23. The second-order valence-electron chi connectivity index (χ2n) is 9.61. The van der Waals surface area contributed by atoms with Gasteiger partial charge in [0.05, 0.1) is 28.5 Å². The van der Waals surface area contributed by atoms with Crippen molar-refractivity contribution < 1.29 is 14.3 Å². The van der Waals surface area contributed by atoms with Crippen LogP contribution < -0.4 is 19.6 Å². The summed E-state index contributed by atoms with van der Waals surface area (Å²) < 4.78 is 15.3. The summed E-state index contributed by atoms with van der Waals surface area (Å²) in [4.78, 5) is 32.4. The average molecular weight is 588 g/mol. The number of carbonyl (C=O) groups excluding carboxylic acids is 1. The van der Waals surface area contributed by atoms with Crippen LogP contribution in [0.5, 0.6) is 5.75 Å². The smallest absolute Gasteiger partial charge is 0.338 e. The maximum atomic E-state index is 14.0. The van der Waals surface area contributed by atoms with E-state index >= 15 is 0 Å². The predicted octanol–water partition coefficient (Wildman–Crippen LogP) is 5.42. The molecule has 5 rings (SSSR count). The first-order chi connectivity index (χ1) is 19.7. The Bertz CT molecular complexity index is 1840. The maximum absolute atomic E-state index is 14.0. The maximum Gasteiger partial charge on any atom is 0.338 e. The summed E-state index contributed by atoms with van der Waals surface area (Å²) in [6, 6.07) is 16.4. The number of ether oxygens (including phenoxy) is 2. The van der Waals surface area contributed by atoms with Crippen LogP contribution in [0.2, 0.25) is 5.02 Å². The van der Waals surface area contributed by atoms with E-state index in [1.165, 1.54) is 11.3 Å². The Balaban J connectivity index is 1.65. The monoisotopic (exact) mass is 587 g/mol. The summed E-state index contributed by atoms with van der Waals surface area (Å²) in [6.07, 6.45) is 3.56. The third kappa shape index (κ3) is 5.45. The number of aromatic nitrogens is 2. The second-order valence-corrected chi connectivity index (χ2v) is 11.1. The van der Waals surface area contributed by atoms with Gasteiger partial charge in [-0.15, -0.1) is 0 Å². The lowest BCUT2D eigenvalue weighted by Crippen LogP contribution is -2.39. The molecule has 0 bridgehead atoms. The summed E-state index contributed by atoms with van der Waals surface area (Å²) >= 11 is 7.40. The number of rotatable bonds is 8. The van der Waals surface area contributed by atoms with Crippen LogP contribution in [-0.4, -0.2) is 28.3 Å². The fraction of sp³-hybridized carbons (Fsp3) is 0.219. The van der Waals surface area contributed by atoms with Gasteiger partial charge in [0.15, 0.2) is 4.80 Å². The Morgan fingerprint density at radius 2 is 1.83 bits per heavy atom. The Morgan fingerprint density at radius 3 is 2.49 bits per heavy atom. The first-order valence-electron chi connectivity index (χ1n) is 13.2. The minimum Gasteiger partial charge on any atom is -0.490 e. The molecule has 1 aliphatic heterocycles. The minimum atomic E-state index is -0.692. The average Bonchev–Trinajstić information content (AvgIpc) is 3.41. The van der Waals surface area contributed by atoms with Crippen LogP contribution in [0.25, 0.3) is 11.8 Å². The molecule has 0 saturated carbocycles. The molecule has 1 atom stereocenters. The summed E-state index contributed by atoms with van der Waals surface area (Å²) in [5.74, 6) is 0.169. The van der Waals surface area contributed by atoms with E-state index in [4.69, 9.17) is 21.1 Å². The summed E-state index contributed by atoms with van der Waals surface area (Å²) in [7, 11) is 0. The van der Waals surface area contributed by atoms with E-state index in [0.29, 0.717) is 38.0 Å². The summed E-state index contributed by atoms with van der Waals surface area (Å²) in [6.45, 7) is 11.8. The molecule has 41 heavy (non-hydrogen) atoms. The van der Waals surface area contributed by atoms with Gasteiger partial charge >= 0.3 is 5.97 Å². The lowest BCUT2D eigenvalue weighted by atomic mass is 9.96. The number of nitrogens with zero attached hydrogens (tertiary/aromatic N) is 3. The van der Waals surface area contributed by atoms with Crippen molar-refractivity contribution in [1.82, 2.24) is 9.13 Å². The number of carbonyl (C=O) groups is 1. The lowest BCUT2D eigenvalue weighted by molar-refractivity contribution is -0.139. The number of benzene rings is 2. The number of halogens is 1. The standard InChI is InChI=1S/C32H30ClN3O4S/c1-6-16-40-26-14-8-22(9-15-26)29-28(31(38)39-7-2)20(4)34-32-36(29)30(37)27(41-32)18-23-17-19(3)35(21(23)5)25-12-10-24(33)11-13-25/h6,8-15,17-18,29H,1,7,16H2,2-5H3/b27-18-/t29-/m0/s1. The minimum absolute atomic E-state index is 0.213. The highest BCUT2D eigenvalue weighted by atomic mass is 35.5. The molecule has 0 saturated heterocycles. The molecule has 210 valence electrons. The molecule has 2 aromatic heterocycles. The Hall–Kier alpha value is -4.14. The van der Waals surface area contributed by atoms with Crippen molar-refractivity contribution >= 4 is 35.0 Å². The molecule has 1 aliphatic rings. The van der Waals surface area contributed by atoms with E-state index in [1.54, 1.807) is 24.5 Å². The van der Waals surface area contributed by atoms with Crippen molar-refractivity contribution in [3.8, 4) is 11.4 Å². The van der Waals surface area contributed by atoms with Crippen LogP contribution in [-0.2, 0) is 9.53 Å². The van der Waals surface area contributed by atoms with Crippen molar-refractivity contribution in [2.45, 2.75) is 33.7 Å². The van der Waals surface area contributed by atoms with Crippen LogP contribution in [0.3, 0.4) is 0 Å². The second kappa shape index (κ2) is 11.8. The molecule has 9 heteroatoms. The zero-order chi connectivity index (χ0) is 29.3. The zero-order valence-electron chi connectivity index (χ0n) is 23.3. The summed E-state index contributed by atoms with van der Waals surface area (Å²) in [5, 5.41) is 0.670. The van der Waals surface area contributed by atoms with Gasteiger partial charge in [-0.1, -0.05) is 47.7 Å². The van der Waals surface area contributed by atoms with Crippen LogP contribution >= 0.6 is 22.9 Å². The van der Waals surface area contributed by atoms with Crippen molar-refractivity contribution in [3.63, 3.8) is 0 Å². The van der Waals surface area contributed by atoms with E-state index in [9.17, 15) is 9.59 Å². The molecule has 0 unspecified atom stereocenters. The van der Waals surface area contributed by atoms with Gasteiger partial charge in [0.1, 0.15) is 12.4 Å². The SMILES string of the molecule is C=CCOc1ccc([C@H]2C(C(=O)OCC)=C(C)N=c3s/c(=C\c4cc(C)n(-c5ccc(Cl)cc5)c4C)c(=O)n32)cc1. The van der Waals surface area contributed by atoms with Gasteiger partial charge in [-0.3, -0.25) is 9.36 Å². The number of hydrogen-bond donors (Lipinski definition) is 0. The first kappa shape index (κ1) is 28.4. The van der Waals surface area contributed by atoms with E-state index in [0.717, 1.165) is 28.2 Å². The van der Waals surface area contributed by atoms with E-state index in [-0.39, 0.29) is 12.2 Å². The number of allylic oxidation sites excluding steroid dienone is 1. The molecule has 0 amide bonds. The number of aryl methyl sites for hydroxylation is 1. The van der Waals surface area contributed by atoms with Gasteiger partial charge in [0.2, 0.25) is 0 Å². The molecular weight excluding hydrogens is 558 g/mol. The quantitative estimate of drug-likeness (QED) is 0.204. The molecule has 7 nitrogen and oxygen atoms in total. The van der Waals surface area contributed by atoms with E-state index in [2.05, 4.69) is 22.2 Å². The highest BCUT2D eigenvalue weighted by Gasteiger charge is 2.33. The Morgan fingerprint density at radius 1 is 1.12 bits per heavy atom. The molecule has 4 aromatic rings. The molecule has 0 radical (unpaired) electrons. The van der Waals surface area contributed by atoms with Crippen molar-refractivity contribution in [2.24, 2.45) is 4.99 Å². The number of fused-ring (bicyclic) bond motifs is 1. The number of esters is 1. The van der Waals surface area contributed by atoms with Gasteiger partial charge in [0.25, 0.3) is 5.56 Å². The molecule has 2 aromatic carbocycles. The topological polar surface area (TPSA) is 74.8 Å². The van der Waals surface area contributed by atoms with Gasteiger partial charge < -0.3 is 14.0 Å². The van der Waals surface area contributed by atoms with Crippen molar-refractivity contribution in [1.29, 1.82) is 0 Å². The van der Waals surface area contributed by atoms with Gasteiger partial charge in [-0.25, -0.2) is 9.79 Å². The van der Waals surface area contributed by atoms with Gasteiger partial charge in [-0.2, -0.15) is 0 Å². The van der Waals surface area contributed by atoms with E-state index < -0.39 is 12.0 Å².